The first-order chi connectivity index (χ1) is 21.4. The number of alkyl halides is 3. The van der Waals surface area contributed by atoms with Crippen molar-refractivity contribution in [2.45, 2.75) is 38.7 Å². The minimum atomic E-state index is -4.41. The number of halogens is 3. The highest BCUT2D eigenvalue weighted by atomic mass is 19.4. The Kier molecular flexibility index (Phi) is 9.40. The lowest BCUT2D eigenvalue weighted by Crippen LogP contribution is -2.49. The average molecular weight is 629 g/mol. The van der Waals surface area contributed by atoms with Gasteiger partial charge in [-0.1, -0.05) is 25.1 Å². The summed E-state index contributed by atoms with van der Waals surface area (Å²) in [6, 6.07) is 13.8. The highest BCUT2D eigenvalue weighted by Gasteiger charge is 2.35. The van der Waals surface area contributed by atoms with Gasteiger partial charge < -0.3 is 34.9 Å². The Morgan fingerprint density at radius 3 is 2.53 bits per heavy atom. The van der Waals surface area contributed by atoms with Crippen LogP contribution in [0.5, 0.6) is 17.2 Å². The van der Waals surface area contributed by atoms with Crippen LogP contribution in [0.25, 0.3) is 0 Å². The molecule has 0 saturated carbocycles. The quantitative estimate of drug-likeness (QED) is 0.305. The molecule has 2 heterocycles. The number of amides is 3. The van der Waals surface area contributed by atoms with Crippen LogP contribution >= 0.6 is 0 Å². The number of ether oxygens (including phenoxy) is 3. The first kappa shape index (κ1) is 31.9. The molecule has 0 aromatic heterocycles. The van der Waals surface area contributed by atoms with Crippen LogP contribution in [0.15, 0.2) is 60.7 Å². The van der Waals surface area contributed by atoms with Gasteiger partial charge in [-0.15, -0.1) is 0 Å². The largest absolute Gasteiger partial charge is 0.486 e. The second-order valence-corrected chi connectivity index (χ2v) is 11.3. The molecule has 2 aliphatic rings. The number of anilines is 2. The van der Waals surface area contributed by atoms with Gasteiger partial charge in [0.15, 0.2) is 17.2 Å². The highest BCUT2D eigenvalue weighted by molar-refractivity contribution is 6.04. The molecular weight excluding hydrogens is 593 g/mol. The van der Waals surface area contributed by atoms with Crippen molar-refractivity contribution in [1.29, 1.82) is 0 Å². The maximum Gasteiger partial charge on any atom is 0.416 e. The summed E-state index contributed by atoms with van der Waals surface area (Å²) >= 11 is 0. The number of hydrogen-bond donors (Lipinski definition) is 3. The van der Waals surface area contributed by atoms with Gasteiger partial charge in [0.05, 0.1) is 29.5 Å². The molecule has 5 rings (SSSR count). The van der Waals surface area contributed by atoms with Gasteiger partial charge in [0.1, 0.15) is 6.10 Å². The van der Waals surface area contributed by atoms with Gasteiger partial charge in [0, 0.05) is 37.3 Å². The number of carbonyl (C=O) groups is 2. The predicted octanol–water partition coefficient (Wildman–Crippen LogP) is 5.43. The van der Waals surface area contributed by atoms with E-state index in [-0.39, 0.29) is 42.2 Å². The number of nitrogens with zero attached hydrogens (tertiary/aromatic N) is 2. The van der Waals surface area contributed by atoms with Gasteiger partial charge in [0.2, 0.25) is 6.79 Å². The van der Waals surface area contributed by atoms with Crippen molar-refractivity contribution in [3.8, 4) is 17.2 Å². The fraction of sp³-hybridized carbons (Fsp3) is 0.375. The molecule has 10 nitrogen and oxygen atoms in total. The van der Waals surface area contributed by atoms with Crippen molar-refractivity contribution in [1.82, 2.24) is 9.80 Å². The van der Waals surface area contributed by atoms with E-state index >= 15 is 0 Å². The molecule has 0 fully saturated rings. The highest BCUT2D eigenvalue weighted by Crippen LogP contribution is 2.37. The third-order valence-corrected chi connectivity index (χ3v) is 7.80. The van der Waals surface area contributed by atoms with Crippen LogP contribution < -0.4 is 24.8 Å². The van der Waals surface area contributed by atoms with Crippen molar-refractivity contribution >= 4 is 23.3 Å². The molecule has 3 atom stereocenters. The number of urea groups is 1. The van der Waals surface area contributed by atoms with Crippen LogP contribution in [0.3, 0.4) is 0 Å². The summed E-state index contributed by atoms with van der Waals surface area (Å²) in [4.78, 5) is 30.3. The van der Waals surface area contributed by atoms with Gasteiger partial charge in [-0.3, -0.25) is 9.69 Å². The number of nitrogens with one attached hydrogen (secondary N) is 2. The fourth-order valence-corrected chi connectivity index (χ4v) is 5.30. The van der Waals surface area contributed by atoms with Crippen LogP contribution in [0.2, 0.25) is 0 Å². The predicted molar refractivity (Wildman–Crippen MR) is 161 cm³/mol. The minimum Gasteiger partial charge on any atom is -0.486 e. The van der Waals surface area contributed by atoms with Crippen molar-refractivity contribution in [2.75, 3.05) is 44.2 Å². The van der Waals surface area contributed by atoms with E-state index in [0.717, 1.165) is 12.1 Å². The summed E-state index contributed by atoms with van der Waals surface area (Å²) in [6.45, 7) is 4.52. The van der Waals surface area contributed by atoms with Crippen LogP contribution in [-0.2, 0) is 12.7 Å². The Morgan fingerprint density at radius 1 is 1.09 bits per heavy atom. The summed E-state index contributed by atoms with van der Waals surface area (Å²) < 4.78 is 56.3. The Hall–Kier alpha value is -4.49. The molecule has 45 heavy (non-hydrogen) atoms. The SMILES string of the molecule is C[C@@H]1CN([C@H](C)CO)C(=O)c2cccc(NC(=O)Nc3ccc4c(c3)OCO4)c2O[C@@H]1CN(C)Cc1ccc(C(F)(F)F)cc1. The second-order valence-electron chi connectivity index (χ2n) is 11.3. The van der Waals surface area contributed by atoms with Gasteiger partial charge in [-0.2, -0.15) is 13.2 Å². The lowest BCUT2D eigenvalue weighted by molar-refractivity contribution is -0.137. The normalized spacial score (nSPS) is 18.5. The number of rotatable bonds is 8. The molecule has 3 N–H and O–H groups in total. The van der Waals surface area contributed by atoms with E-state index in [1.165, 1.54) is 12.1 Å². The summed E-state index contributed by atoms with van der Waals surface area (Å²) in [6.07, 6.45) is -4.91. The van der Waals surface area contributed by atoms with Crippen LogP contribution in [0.1, 0.15) is 35.3 Å². The van der Waals surface area contributed by atoms with E-state index in [0.29, 0.717) is 42.4 Å². The average Bonchev–Trinajstić information content (AvgIpc) is 3.46. The first-order valence-electron chi connectivity index (χ1n) is 14.5. The summed E-state index contributed by atoms with van der Waals surface area (Å²) in [5, 5.41) is 15.5. The van der Waals surface area contributed by atoms with E-state index < -0.39 is 29.9 Å². The number of likely N-dealkylation sites (N-methyl/N-ethyl adjacent to an activating group) is 1. The molecule has 3 aromatic carbocycles. The third-order valence-electron chi connectivity index (χ3n) is 7.80. The topological polar surface area (TPSA) is 113 Å². The van der Waals surface area contributed by atoms with Gasteiger partial charge >= 0.3 is 12.2 Å². The summed E-state index contributed by atoms with van der Waals surface area (Å²) in [5.41, 5.74) is 0.927. The first-order valence-corrected chi connectivity index (χ1v) is 14.5. The number of benzene rings is 3. The Labute approximate surface area is 258 Å². The maximum absolute atomic E-state index is 13.7. The zero-order valence-corrected chi connectivity index (χ0v) is 25.1. The molecule has 13 heteroatoms. The van der Waals surface area contributed by atoms with Gasteiger partial charge in [0.25, 0.3) is 5.91 Å². The number of fused-ring (bicyclic) bond motifs is 2. The van der Waals surface area contributed by atoms with Crippen molar-refractivity contribution in [3.63, 3.8) is 0 Å². The van der Waals surface area contributed by atoms with Crippen molar-refractivity contribution < 1.29 is 42.1 Å². The number of aliphatic hydroxyl groups excluding tert-OH is 1. The fourth-order valence-electron chi connectivity index (χ4n) is 5.30. The van der Waals surface area contributed by atoms with E-state index in [9.17, 15) is 27.9 Å². The molecule has 0 radical (unpaired) electrons. The zero-order valence-electron chi connectivity index (χ0n) is 25.1. The molecule has 0 unspecified atom stereocenters. The standard InChI is InChI=1S/C32H35F3N4O6/c1-19-14-39(20(2)17-40)30(41)24-5-4-6-25(37-31(42)36-23-11-12-26-27(13-23)44-18-43-26)29(24)45-28(19)16-38(3)15-21-7-9-22(10-8-21)32(33,34)35/h4-13,19-20,28,40H,14-18H2,1-3H3,(H2,36,37,42)/t19-,20-,28-/m1/s1. The van der Waals surface area contributed by atoms with Crippen LogP contribution in [0, 0.1) is 5.92 Å². The van der Waals surface area contributed by atoms with E-state index in [4.69, 9.17) is 14.2 Å². The molecular formula is C32H35F3N4O6. The zero-order chi connectivity index (χ0) is 32.3. The van der Waals surface area contributed by atoms with Crippen molar-refractivity contribution in [2.24, 2.45) is 5.92 Å². The Bertz CT molecular complexity index is 1530. The number of hydrogen-bond acceptors (Lipinski definition) is 7. The summed E-state index contributed by atoms with van der Waals surface area (Å²) in [7, 11) is 1.83. The molecule has 2 aliphatic heterocycles. The van der Waals surface area contributed by atoms with Crippen LogP contribution in [-0.4, -0.2) is 72.5 Å². The van der Waals surface area contributed by atoms with Crippen LogP contribution in [0.4, 0.5) is 29.3 Å². The molecule has 3 aromatic rings. The number of carbonyl (C=O) groups excluding carboxylic acids is 2. The molecule has 0 saturated heterocycles. The third kappa shape index (κ3) is 7.43. The Balaban J connectivity index is 1.38. The smallest absolute Gasteiger partial charge is 0.416 e. The van der Waals surface area contributed by atoms with Crippen molar-refractivity contribution in [3.05, 3.63) is 77.4 Å². The number of aliphatic hydroxyl groups is 1. The molecule has 0 spiro atoms. The van der Waals surface area contributed by atoms with E-state index in [1.807, 2.05) is 18.9 Å². The molecule has 3 amide bonds. The minimum absolute atomic E-state index is 0.0948. The molecule has 240 valence electrons. The maximum atomic E-state index is 13.7. The van der Waals surface area contributed by atoms with E-state index in [2.05, 4.69) is 10.6 Å². The molecule has 0 aliphatic carbocycles. The number of para-hydroxylation sites is 1. The lowest BCUT2D eigenvalue weighted by atomic mass is 9.98. The van der Waals surface area contributed by atoms with Gasteiger partial charge in [-0.25, -0.2) is 4.79 Å². The monoisotopic (exact) mass is 628 g/mol. The summed E-state index contributed by atoms with van der Waals surface area (Å²) in [5.74, 6) is 0.679. The van der Waals surface area contributed by atoms with E-state index in [1.54, 1.807) is 48.2 Å². The second kappa shape index (κ2) is 13.2. The Morgan fingerprint density at radius 2 is 1.82 bits per heavy atom. The molecule has 0 bridgehead atoms. The van der Waals surface area contributed by atoms with Gasteiger partial charge in [-0.05, 0) is 55.9 Å². The lowest BCUT2D eigenvalue weighted by Gasteiger charge is -2.38.